The number of carbonyl (C=O) groups excluding carboxylic acids is 1. The molecule has 0 aromatic rings. The Labute approximate surface area is 103 Å². The molecule has 1 unspecified atom stereocenters. The molecular formula is C13H23NO3. The van der Waals surface area contributed by atoms with Crippen molar-refractivity contribution in [3.05, 3.63) is 0 Å². The van der Waals surface area contributed by atoms with E-state index in [0.717, 1.165) is 12.8 Å². The minimum absolute atomic E-state index is 0.0232. The molecule has 0 radical (unpaired) electrons. The molecule has 0 aromatic heterocycles. The third-order valence-electron chi connectivity index (χ3n) is 3.80. The van der Waals surface area contributed by atoms with E-state index in [1.807, 2.05) is 5.06 Å². The molecule has 2 saturated heterocycles. The van der Waals surface area contributed by atoms with Crippen LogP contribution in [0, 0.1) is 0 Å². The zero-order chi connectivity index (χ0) is 12.7. The van der Waals surface area contributed by atoms with Gasteiger partial charge in [0.15, 0.2) is 6.10 Å². The fourth-order valence-corrected chi connectivity index (χ4v) is 2.96. The summed E-state index contributed by atoms with van der Waals surface area (Å²) in [5.41, 5.74) is -0.0464. The SMILES string of the molecule is CC1(C)CCCC(C)(C)N1OC1CCOC1=O. The molecule has 4 nitrogen and oxygen atoms in total. The molecule has 98 valence electrons. The zero-order valence-corrected chi connectivity index (χ0v) is 11.3. The zero-order valence-electron chi connectivity index (χ0n) is 11.3. The van der Waals surface area contributed by atoms with Gasteiger partial charge in [-0.25, -0.2) is 4.79 Å². The first-order chi connectivity index (χ1) is 7.83. The van der Waals surface area contributed by atoms with Crippen molar-refractivity contribution in [3.8, 4) is 0 Å². The lowest BCUT2D eigenvalue weighted by Gasteiger charge is -2.51. The first-order valence-corrected chi connectivity index (χ1v) is 6.47. The van der Waals surface area contributed by atoms with Gasteiger partial charge in [0, 0.05) is 17.5 Å². The van der Waals surface area contributed by atoms with E-state index >= 15 is 0 Å². The van der Waals surface area contributed by atoms with Gasteiger partial charge in [0.2, 0.25) is 0 Å². The van der Waals surface area contributed by atoms with Crippen LogP contribution >= 0.6 is 0 Å². The summed E-state index contributed by atoms with van der Waals surface area (Å²) in [6, 6.07) is 0. The van der Waals surface area contributed by atoms with Crippen LogP contribution in [-0.2, 0) is 14.4 Å². The van der Waals surface area contributed by atoms with Gasteiger partial charge in [-0.3, -0.25) is 4.84 Å². The van der Waals surface area contributed by atoms with Crippen LogP contribution in [0.4, 0.5) is 0 Å². The van der Waals surface area contributed by atoms with Gasteiger partial charge in [0.05, 0.1) is 6.61 Å². The lowest BCUT2D eigenvalue weighted by molar-refractivity contribution is -0.298. The molecular weight excluding hydrogens is 218 g/mol. The second kappa shape index (κ2) is 4.25. The smallest absolute Gasteiger partial charge is 0.337 e. The van der Waals surface area contributed by atoms with Crippen LogP contribution < -0.4 is 0 Å². The molecule has 2 rings (SSSR count). The molecule has 0 spiro atoms. The predicted octanol–water partition coefficient (Wildman–Crippen LogP) is 2.28. The van der Waals surface area contributed by atoms with Crippen LogP contribution in [-0.4, -0.2) is 34.8 Å². The number of ether oxygens (including phenoxy) is 1. The summed E-state index contributed by atoms with van der Waals surface area (Å²) >= 11 is 0. The normalized spacial score (nSPS) is 32.5. The first kappa shape index (κ1) is 12.8. The molecule has 0 bridgehead atoms. The minimum atomic E-state index is -0.411. The fourth-order valence-electron chi connectivity index (χ4n) is 2.96. The maximum absolute atomic E-state index is 11.5. The monoisotopic (exact) mass is 241 g/mol. The van der Waals surface area contributed by atoms with E-state index in [1.54, 1.807) is 0 Å². The van der Waals surface area contributed by atoms with E-state index in [1.165, 1.54) is 6.42 Å². The molecule has 17 heavy (non-hydrogen) atoms. The highest BCUT2D eigenvalue weighted by atomic mass is 16.7. The number of hydrogen-bond donors (Lipinski definition) is 0. The highest BCUT2D eigenvalue weighted by Gasteiger charge is 2.45. The van der Waals surface area contributed by atoms with E-state index in [-0.39, 0.29) is 17.0 Å². The average Bonchev–Trinajstić information content (AvgIpc) is 2.57. The molecule has 0 aromatic carbocycles. The third-order valence-corrected chi connectivity index (χ3v) is 3.80. The van der Waals surface area contributed by atoms with Crippen molar-refractivity contribution in [1.82, 2.24) is 5.06 Å². The van der Waals surface area contributed by atoms with Crippen molar-refractivity contribution in [2.24, 2.45) is 0 Å². The Morgan fingerprint density at radius 2 is 1.82 bits per heavy atom. The Balaban J connectivity index is 2.12. The summed E-state index contributed by atoms with van der Waals surface area (Å²) in [7, 11) is 0. The standard InChI is InChI=1S/C13H23NO3/c1-12(2)7-5-8-13(3,4)14(12)17-10-6-9-16-11(10)15/h10H,5-9H2,1-4H3. The van der Waals surface area contributed by atoms with Gasteiger partial charge in [-0.15, -0.1) is 0 Å². The number of rotatable bonds is 2. The molecule has 4 heteroatoms. The second-order valence-electron chi connectivity index (χ2n) is 6.32. The number of carbonyl (C=O) groups is 1. The minimum Gasteiger partial charge on any atom is -0.464 e. The van der Waals surface area contributed by atoms with E-state index in [4.69, 9.17) is 9.57 Å². The maximum atomic E-state index is 11.5. The van der Waals surface area contributed by atoms with Crippen LogP contribution in [0.2, 0.25) is 0 Å². The Morgan fingerprint density at radius 1 is 1.24 bits per heavy atom. The van der Waals surface area contributed by atoms with Crippen LogP contribution in [0.5, 0.6) is 0 Å². The van der Waals surface area contributed by atoms with Gasteiger partial charge >= 0.3 is 5.97 Å². The van der Waals surface area contributed by atoms with Crippen LogP contribution in [0.25, 0.3) is 0 Å². The highest BCUT2D eigenvalue weighted by molar-refractivity contribution is 5.76. The fraction of sp³-hybridized carbons (Fsp3) is 0.923. The van der Waals surface area contributed by atoms with Gasteiger partial charge in [0.1, 0.15) is 0 Å². The molecule has 0 aliphatic carbocycles. The lowest BCUT2D eigenvalue weighted by atomic mass is 9.82. The van der Waals surface area contributed by atoms with Gasteiger partial charge in [-0.2, -0.15) is 5.06 Å². The third kappa shape index (κ3) is 2.47. The van der Waals surface area contributed by atoms with Crippen LogP contribution in [0.3, 0.4) is 0 Å². The Morgan fingerprint density at radius 3 is 2.29 bits per heavy atom. The number of piperidine rings is 1. The number of cyclic esters (lactones) is 1. The van der Waals surface area contributed by atoms with E-state index in [9.17, 15) is 4.79 Å². The van der Waals surface area contributed by atoms with Gasteiger partial charge in [0.25, 0.3) is 0 Å². The molecule has 0 saturated carbocycles. The van der Waals surface area contributed by atoms with Crippen molar-refractivity contribution in [1.29, 1.82) is 0 Å². The first-order valence-electron chi connectivity index (χ1n) is 6.47. The van der Waals surface area contributed by atoms with E-state index in [2.05, 4.69) is 27.7 Å². The second-order valence-corrected chi connectivity index (χ2v) is 6.32. The van der Waals surface area contributed by atoms with Gasteiger partial charge < -0.3 is 4.74 Å². The number of hydrogen-bond acceptors (Lipinski definition) is 4. The van der Waals surface area contributed by atoms with Crippen molar-refractivity contribution in [2.45, 2.75) is 70.6 Å². The number of hydroxylamine groups is 2. The largest absolute Gasteiger partial charge is 0.464 e. The van der Waals surface area contributed by atoms with Crippen molar-refractivity contribution in [2.75, 3.05) is 6.61 Å². The molecule has 2 fully saturated rings. The summed E-state index contributed by atoms with van der Waals surface area (Å²) in [5, 5.41) is 2.03. The predicted molar refractivity (Wildman–Crippen MR) is 64.3 cm³/mol. The van der Waals surface area contributed by atoms with E-state index in [0.29, 0.717) is 13.0 Å². The number of nitrogens with zero attached hydrogens (tertiary/aromatic N) is 1. The molecule has 0 N–H and O–H groups in total. The average molecular weight is 241 g/mol. The summed E-state index contributed by atoms with van der Waals surface area (Å²) in [6.45, 7) is 9.18. The Hall–Kier alpha value is -0.610. The lowest BCUT2D eigenvalue weighted by Crippen LogP contribution is -2.59. The molecule has 1 atom stereocenters. The molecule has 2 aliphatic heterocycles. The van der Waals surface area contributed by atoms with Crippen molar-refractivity contribution >= 4 is 5.97 Å². The highest BCUT2D eigenvalue weighted by Crippen LogP contribution is 2.39. The maximum Gasteiger partial charge on any atom is 0.337 e. The Bertz CT molecular complexity index is 296. The molecule has 2 heterocycles. The summed E-state index contributed by atoms with van der Waals surface area (Å²) in [6.07, 6.45) is 3.65. The van der Waals surface area contributed by atoms with Crippen molar-refractivity contribution in [3.63, 3.8) is 0 Å². The molecule has 0 amide bonds. The van der Waals surface area contributed by atoms with E-state index < -0.39 is 6.10 Å². The van der Waals surface area contributed by atoms with Crippen LogP contribution in [0.1, 0.15) is 53.4 Å². The van der Waals surface area contributed by atoms with Crippen molar-refractivity contribution < 1.29 is 14.4 Å². The summed E-state index contributed by atoms with van der Waals surface area (Å²) < 4.78 is 4.95. The van der Waals surface area contributed by atoms with Gasteiger partial charge in [-0.05, 0) is 47.0 Å². The topological polar surface area (TPSA) is 38.8 Å². The summed E-state index contributed by atoms with van der Waals surface area (Å²) in [4.78, 5) is 17.4. The number of esters is 1. The summed E-state index contributed by atoms with van der Waals surface area (Å²) in [5.74, 6) is -0.220. The van der Waals surface area contributed by atoms with Gasteiger partial charge in [-0.1, -0.05) is 0 Å². The molecule has 2 aliphatic rings. The quantitative estimate of drug-likeness (QED) is 0.695. The van der Waals surface area contributed by atoms with Crippen LogP contribution in [0.15, 0.2) is 0 Å². The Kier molecular flexibility index (Phi) is 3.21.